The Morgan fingerprint density at radius 3 is 2.42 bits per heavy atom. The zero-order valence-electron chi connectivity index (χ0n) is 13.3. The third kappa shape index (κ3) is 4.14. The van der Waals surface area contributed by atoms with Gasteiger partial charge in [-0.15, -0.1) is 0 Å². The first-order valence-electron chi connectivity index (χ1n) is 7.33. The van der Waals surface area contributed by atoms with Crippen LogP contribution in [0.1, 0.15) is 5.56 Å². The van der Waals surface area contributed by atoms with Crippen molar-refractivity contribution in [2.45, 2.75) is 16.3 Å². The molecule has 0 bridgehead atoms. The van der Waals surface area contributed by atoms with E-state index in [1.54, 1.807) is 35.3 Å². The highest BCUT2D eigenvalue weighted by Gasteiger charge is 2.17. The molecule has 0 radical (unpaired) electrons. The summed E-state index contributed by atoms with van der Waals surface area (Å²) in [4.78, 5) is 3.75. The fourth-order valence-corrected chi connectivity index (χ4v) is 3.84. The van der Waals surface area contributed by atoms with Crippen molar-refractivity contribution in [3.05, 3.63) is 66.6 Å². The maximum Gasteiger partial charge on any atom is 0.240 e. The van der Waals surface area contributed by atoms with E-state index in [1.807, 2.05) is 0 Å². The Balaban J connectivity index is 1.74. The predicted octanol–water partition coefficient (Wildman–Crippen LogP) is 0.393. The second kappa shape index (κ2) is 6.96. The van der Waals surface area contributed by atoms with Gasteiger partial charge in [0.1, 0.15) is 0 Å². The molecule has 1 aromatic carbocycles. The molecule has 11 heteroatoms. The van der Waals surface area contributed by atoms with Crippen molar-refractivity contribution in [3.63, 3.8) is 0 Å². The van der Waals surface area contributed by atoms with Crippen molar-refractivity contribution >= 4 is 20.0 Å². The largest absolute Gasteiger partial charge is 0.240 e. The first-order valence-corrected chi connectivity index (χ1v) is 10.4. The zero-order valence-corrected chi connectivity index (χ0v) is 15.0. The molecule has 0 atom stereocenters. The van der Waals surface area contributed by atoms with Gasteiger partial charge in [0.15, 0.2) is 5.82 Å². The monoisotopic (exact) mass is 393 g/mol. The summed E-state index contributed by atoms with van der Waals surface area (Å²) >= 11 is 0. The summed E-state index contributed by atoms with van der Waals surface area (Å²) in [5.74, 6) is 0.600. The zero-order chi connectivity index (χ0) is 18.8. The molecule has 2 aromatic heterocycles. The van der Waals surface area contributed by atoms with Crippen LogP contribution in [0.3, 0.4) is 0 Å². The average molecular weight is 393 g/mol. The fraction of sp³-hybridized carbons (Fsp3) is 0.0667. The van der Waals surface area contributed by atoms with Crippen molar-refractivity contribution < 1.29 is 16.8 Å². The summed E-state index contributed by atoms with van der Waals surface area (Å²) in [6.45, 7) is -0.00563. The van der Waals surface area contributed by atoms with Crippen LogP contribution in [0.4, 0.5) is 0 Å². The Labute approximate surface area is 150 Å². The van der Waals surface area contributed by atoms with Gasteiger partial charge >= 0.3 is 0 Å². The number of nitrogens with zero attached hydrogens (tertiary/aromatic N) is 3. The molecule has 0 aliphatic carbocycles. The molecule has 0 amide bonds. The van der Waals surface area contributed by atoms with Gasteiger partial charge in [0.2, 0.25) is 20.0 Å². The van der Waals surface area contributed by atoms with Crippen molar-refractivity contribution in [2.75, 3.05) is 0 Å². The van der Waals surface area contributed by atoms with Gasteiger partial charge in [-0.1, -0.05) is 12.1 Å². The Hall–Kier alpha value is -2.60. The van der Waals surface area contributed by atoms with E-state index in [0.29, 0.717) is 11.4 Å². The van der Waals surface area contributed by atoms with Gasteiger partial charge in [0.05, 0.1) is 9.79 Å². The number of nitrogens with one attached hydrogen (secondary N) is 1. The van der Waals surface area contributed by atoms with Crippen LogP contribution < -0.4 is 9.86 Å². The number of aromatic nitrogens is 3. The van der Waals surface area contributed by atoms with Crippen molar-refractivity contribution in [2.24, 2.45) is 5.14 Å². The van der Waals surface area contributed by atoms with Crippen molar-refractivity contribution in [1.29, 1.82) is 0 Å². The molecule has 0 saturated heterocycles. The smallest absolute Gasteiger partial charge is 0.237 e. The number of rotatable bonds is 6. The lowest BCUT2D eigenvalue weighted by molar-refractivity contribution is 0.581. The predicted molar refractivity (Wildman–Crippen MR) is 93.2 cm³/mol. The van der Waals surface area contributed by atoms with Crippen LogP contribution in [0, 0.1) is 0 Å². The topological polar surface area (TPSA) is 137 Å². The number of hydrogen-bond donors (Lipinski definition) is 2. The summed E-state index contributed by atoms with van der Waals surface area (Å²) in [6, 6.07) is 10.0. The molecule has 3 aromatic rings. The van der Waals surface area contributed by atoms with E-state index in [2.05, 4.69) is 14.8 Å². The van der Waals surface area contributed by atoms with E-state index in [-0.39, 0.29) is 16.3 Å². The van der Waals surface area contributed by atoms with Crippen LogP contribution in [0.25, 0.3) is 5.82 Å². The molecule has 136 valence electrons. The molecule has 9 nitrogen and oxygen atoms in total. The van der Waals surface area contributed by atoms with Crippen LogP contribution in [0.15, 0.2) is 70.8 Å². The first kappa shape index (κ1) is 18.2. The molecule has 3 N–H and O–H groups in total. The fourth-order valence-electron chi connectivity index (χ4n) is 2.14. The number of pyridine rings is 1. The quantitative estimate of drug-likeness (QED) is 0.622. The number of benzene rings is 1. The molecule has 0 unspecified atom stereocenters. The lowest BCUT2D eigenvalue weighted by Gasteiger charge is -2.08. The van der Waals surface area contributed by atoms with Gasteiger partial charge in [0.25, 0.3) is 0 Å². The highest BCUT2D eigenvalue weighted by atomic mass is 32.2. The van der Waals surface area contributed by atoms with Crippen LogP contribution in [-0.2, 0) is 26.6 Å². The van der Waals surface area contributed by atoms with E-state index in [4.69, 9.17) is 5.14 Å². The molecule has 0 spiro atoms. The van der Waals surface area contributed by atoms with Gasteiger partial charge < -0.3 is 0 Å². The van der Waals surface area contributed by atoms with E-state index < -0.39 is 20.0 Å². The molecule has 26 heavy (non-hydrogen) atoms. The summed E-state index contributed by atoms with van der Waals surface area (Å²) < 4.78 is 51.4. The minimum absolute atomic E-state index is 0.00563. The lowest BCUT2D eigenvalue weighted by atomic mass is 10.3. The summed E-state index contributed by atoms with van der Waals surface area (Å²) in [5, 5.41) is 9.08. The van der Waals surface area contributed by atoms with Crippen LogP contribution in [-0.4, -0.2) is 31.6 Å². The lowest BCUT2D eigenvalue weighted by Crippen LogP contribution is -2.24. The Kier molecular flexibility index (Phi) is 4.87. The van der Waals surface area contributed by atoms with Crippen LogP contribution in [0.2, 0.25) is 0 Å². The number of primary sulfonamides is 1. The summed E-state index contributed by atoms with van der Waals surface area (Å²) in [5.41, 5.74) is 0.632. The molecule has 0 aliphatic rings. The summed E-state index contributed by atoms with van der Waals surface area (Å²) in [6.07, 6.45) is 4.89. The summed E-state index contributed by atoms with van der Waals surface area (Å²) in [7, 11) is -7.90. The Bertz CT molecular complexity index is 1110. The SMILES string of the molecule is NS(=O)(=O)c1cccc(S(=O)(=O)NCc2ccc(-n3cccn3)nc2)c1. The molecule has 2 heterocycles. The van der Waals surface area contributed by atoms with E-state index >= 15 is 0 Å². The van der Waals surface area contributed by atoms with Crippen LogP contribution >= 0.6 is 0 Å². The van der Waals surface area contributed by atoms with Crippen molar-refractivity contribution in [1.82, 2.24) is 19.5 Å². The third-order valence-corrected chi connectivity index (χ3v) is 5.77. The Morgan fingerprint density at radius 2 is 1.81 bits per heavy atom. The van der Waals surface area contributed by atoms with Crippen molar-refractivity contribution in [3.8, 4) is 5.82 Å². The maximum atomic E-state index is 12.4. The second-order valence-corrected chi connectivity index (χ2v) is 8.65. The standard InChI is InChI=1S/C15H15N5O4S2/c16-25(21,22)13-3-1-4-14(9-13)26(23,24)19-11-12-5-6-15(17-10-12)20-8-2-7-18-20/h1-10,19H,11H2,(H2,16,21,22). The average Bonchev–Trinajstić information content (AvgIpc) is 3.15. The minimum Gasteiger partial charge on any atom is -0.237 e. The highest BCUT2D eigenvalue weighted by molar-refractivity contribution is 7.90. The van der Waals surface area contributed by atoms with Gasteiger partial charge in [-0.05, 0) is 35.9 Å². The van der Waals surface area contributed by atoms with E-state index in [1.165, 1.54) is 24.4 Å². The Morgan fingerprint density at radius 1 is 1.04 bits per heavy atom. The molecular weight excluding hydrogens is 378 g/mol. The highest BCUT2D eigenvalue weighted by Crippen LogP contribution is 2.15. The van der Waals surface area contributed by atoms with Gasteiger partial charge in [-0.3, -0.25) is 0 Å². The molecule has 3 rings (SSSR count). The van der Waals surface area contributed by atoms with Gasteiger partial charge in [-0.2, -0.15) is 5.10 Å². The van der Waals surface area contributed by atoms with E-state index in [9.17, 15) is 16.8 Å². The molecule has 0 fully saturated rings. The molecular formula is C15H15N5O4S2. The van der Waals surface area contributed by atoms with Crippen LogP contribution in [0.5, 0.6) is 0 Å². The number of sulfonamides is 2. The normalized spacial score (nSPS) is 12.2. The second-order valence-electron chi connectivity index (χ2n) is 5.32. The molecule has 0 aliphatic heterocycles. The molecule has 0 saturated carbocycles. The maximum absolute atomic E-state index is 12.4. The van der Waals surface area contributed by atoms with Gasteiger partial charge in [0, 0.05) is 25.1 Å². The number of hydrogen-bond acceptors (Lipinski definition) is 6. The number of nitrogens with two attached hydrogens (primary N) is 1. The minimum atomic E-state index is -3.99. The third-order valence-electron chi connectivity index (χ3n) is 3.46. The first-order chi connectivity index (χ1) is 12.3. The van der Waals surface area contributed by atoms with Gasteiger partial charge in [-0.25, -0.2) is 36.4 Å². The van der Waals surface area contributed by atoms with E-state index in [0.717, 1.165) is 6.07 Å².